The van der Waals surface area contributed by atoms with E-state index in [0.29, 0.717) is 6.04 Å². The van der Waals surface area contributed by atoms with Crippen molar-refractivity contribution in [1.82, 2.24) is 4.90 Å². The number of benzene rings is 1. The molecule has 0 amide bonds. The van der Waals surface area contributed by atoms with Crippen LogP contribution in [0.2, 0.25) is 0 Å². The summed E-state index contributed by atoms with van der Waals surface area (Å²) in [6.45, 7) is 2.20. The van der Waals surface area contributed by atoms with Gasteiger partial charge in [0.1, 0.15) is 0 Å². The van der Waals surface area contributed by atoms with Crippen LogP contribution < -0.4 is 0 Å². The van der Waals surface area contributed by atoms with Gasteiger partial charge < -0.3 is 4.90 Å². The Balaban J connectivity index is 2.20. The van der Waals surface area contributed by atoms with Gasteiger partial charge in [0, 0.05) is 22.8 Å². The molecule has 0 aliphatic carbocycles. The molecule has 0 bridgehead atoms. The second-order valence-corrected chi connectivity index (χ2v) is 5.54. The van der Waals surface area contributed by atoms with Crippen molar-refractivity contribution >= 4 is 27.8 Å². The van der Waals surface area contributed by atoms with Crippen LogP contribution in [0, 0.1) is 6.92 Å². The largest absolute Gasteiger partial charge is 0.355 e. The first kappa shape index (κ1) is 10.5. The second-order valence-electron chi connectivity index (χ2n) is 4.28. The number of aryl methyl sites for hydroxylation is 1. The molecule has 0 radical (unpaired) electrons. The Morgan fingerprint density at radius 1 is 1.29 bits per heavy atom. The molecular formula is C14H14N2S. The van der Waals surface area contributed by atoms with Gasteiger partial charge in [-0.2, -0.15) is 0 Å². The minimum atomic E-state index is 0.309. The molecule has 1 aliphatic rings. The van der Waals surface area contributed by atoms with E-state index in [4.69, 9.17) is 0 Å². The topological polar surface area (TPSA) is 15.6 Å². The van der Waals surface area contributed by atoms with Crippen molar-refractivity contribution in [2.24, 2.45) is 4.99 Å². The highest BCUT2D eigenvalue weighted by atomic mass is 32.1. The van der Waals surface area contributed by atoms with Crippen molar-refractivity contribution in [1.29, 1.82) is 0 Å². The molecule has 2 nitrogen and oxygen atoms in total. The molecule has 3 heteroatoms. The Morgan fingerprint density at radius 3 is 2.94 bits per heavy atom. The molecule has 86 valence electrons. The van der Waals surface area contributed by atoms with Crippen molar-refractivity contribution < 1.29 is 0 Å². The van der Waals surface area contributed by atoms with Crippen LogP contribution in [0.3, 0.4) is 0 Å². The molecule has 1 unspecified atom stereocenters. The fourth-order valence-corrected chi connectivity index (χ4v) is 3.44. The smallest absolute Gasteiger partial charge is 0.0909 e. The highest BCUT2D eigenvalue weighted by Gasteiger charge is 2.20. The normalized spacial score (nSPS) is 19.2. The zero-order valence-electron chi connectivity index (χ0n) is 9.92. The minimum Gasteiger partial charge on any atom is -0.355 e. The van der Waals surface area contributed by atoms with Crippen molar-refractivity contribution in [2.75, 3.05) is 7.05 Å². The molecule has 2 aromatic rings. The van der Waals surface area contributed by atoms with Crippen LogP contribution in [-0.2, 0) is 0 Å². The van der Waals surface area contributed by atoms with Gasteiger partial charge in [-0.15, -0.1) is 11.3 Å². The van der Waals surface area contributed by atoms with E-state index >= 15 is 0 Å². The van der Waals surface area contributed by atoms with Gasteiger partial charge in [0.25, 0.3) is 0 Å². The third-order valence-electron chi connectivity index (χ3n) is 3.16. The third kappa shape index (κ3) is 1.67. The predicted molar refractivity (Wildman–Crippen MR) is 74.7 cm³/mol. The van der Waals surface area contributed by atoms with Gasteiger partial charge in [0.15, 0.2) is 0 Å². The summed E-state index contributed by atoms with van der Waals surface area (Å²) in [7, 11) is 2.07. The number of fused-ring (bicyclic) bond motifs is 1. The lowest BCUT2D eigenvalue weighted by Gasteiger charge is -2.25. The lowest BCUT2D eigenvalue weighted by Crippen LogP contribution is -2.23. The van der Waals surface area contributed by atoms with E-state index in [1.165, 1.54) is 20.5 Å². The average molecular weight is 242 g/mol. The highest BCUT2D eigenvalue weighted by Crippen LogP contribution is 2.37. The first-order valence-corrected chi connectivity index (χ1v) is 6.49. The van der Waals surface area contributed by atoms with Crippen LogP contribution in [-0.4, -0.2) is 18.3 Å². The van der Waals surface area contributed by atoms with Crippen molar-refractivity contribution in [2.45, 2.75) is 13.0 Å². The summed E-state index contributed by atoms with van der Waals surface area (Å²) < 4.78 is 1.37. The number of nitrogens with zero attached hydrogens (tertiary/aromatic N) is 2. The predicted octanol–water partition coefficient (Wildman–Crippen LogP) is 3.74. The summed E-state index contributed by atoms with van der Waals surface area (Å²) >= 11 is 1.87. The van der Waals surface area contributed by atoms with Gasteiger partial charge in [-0.25, -0.2) is 4.99 Å². The van der Waals surface area contributed by atoms with Gasteiger partial charge in [-0.05, 0) is 30.0 Å². The van der Waals surface area contributed by atoms with E-state index in [2.05, 4.69) is 54.2 Å². The Labute approximate surface area is 105 Å². The maximum absolute atomic E-state index is 4.15. The number of hydrogen-bond acceptors (Lipinski definition) is 3. The van der Waals surface area contributed by atoms with Crippen LogP contribution in [0.15, 0.2) is 41.5 Å². The standard InChI is InChI=1S/C14H14N2S/c1-10-14(12-7-8-15-9-16(12)2)11-5-3-4-6-13(11)17-10/h3-9,12H,1-2H3. The number of thiophene rings is 1. The molecule has 3 rings (SSSR count). The molecule has 1 aliphatic heterocycles. The van der Waals surface area contributed by atoms with E-state index in [9.17, 15) is 0 Å². The van der Waals surface area contributed by atoms with Crippen LogP contribution in [0.25, 0.3) is 10.1 Å². The fourth-order valence-electron chi connectivity index (χ4n) is 2.34. The molecule has 0 N–H and O–H groups in total. The quantitative estimate of drug-likeness (QED) is 0.744. The Hall–Kier alpha value is -1.61. The molecule has 1 aromatic carbocycles. The molecule has 0 saturated heterocycles. The molecule has 0 saturated carbocycles. The monoisotopic (exact) mass is 242 g/mol. The number of likely N-dealkylation sites (N-methyl/N-ethyl adjacent to an activating group) is 1. The Kier molecular flexibility index (Phi) is 2.48. The van der Waals surface area contributed by atoms with Gasteiger partial charge in [-0.1, -0.05) is 18.2 Å². The van der Waals surface area contributed by atoms with Gasteiger partial charge in [-0.3, -0.25) is 0 Å². The van der Waals surface area contributed by atoms with Gasteiger partial charge >= 0.3 is 0 Å². The lowest BCUT2D eigenvalue weighted by atomic mass is 10.0. The summed E-state index contributed by atoms with van der Waals surface area (Å²) in [6, 6.07) is 8.92. The SMILES string of the molecule is Cc1sc2ccccc2c1C1C=CN=CN1C. The van der Waals surface area contributed by atoms with Crippen LogP contribution in [0.1, 0.15) is 16.5 Å². The van der Waals surface area contributed by atoms with E-state index in [0.717, 1.165) is 0 Å². The lowest BCUT2D eigenvalue weighted by molar-refractivity contribution is 0.447. The zero-order chi connectivity index (χ0) is 11.8. The van der Waals surface area contributed by atoms with E-state index in [1.54, 1.807) is 0 Å². The molecular weight excluding hydrogens is 228 g/mol. The maximum Gasteiger partial charge on any atom is 0.0909 e. The summed E-state index contributed by atoms with van der Waals surface area (Å²) in [5.74, 6) is 0. The number of aliphatic imine (C=N–C) groups is 1. The molecule has 1 aromatic heterocycles. The molecule has 2 heterocycles. The zero-order valence-corrected chi connectivity index (χ0v) is 10.7. The second kappa shape index (κ2) is 4.00. The summed E-state index contributed by atoms with van der Waals surface area (Å²) in [6.07, 6.45) is 5.93. The molecule has 0 fully saturated rings. The number of rotatable bonds is 1. The van der Waals surface area contributed by atoms with Crippen LogP contribution in [0.4, 0.5) is 0 Å². The van der Waals surface area contributed by atoms with Crippen LogP contribution in [0.5, 0.6) is 0 Å². The maximum atomic E-state index is 4.15. The Morgan fingerprint density at radius 2 is 2.12 bits per heavy atom. The van der Waals surface area contributed by atoms with Gasteiger partial charge in [0.2, 0.25) is 0 Å². The summed E-state index contributed by atoms with van der Waals surface area (Å²) in [5.41, 5.74) is 1.41. The van der Waals surface area contributed by atoms with Crippen molar-refractivity contribution in [3.63, 3.8) is 0 Å². The van der Waals surface area contributed by atoms with E-state index in [-0.39, 0.29) is 0 Å². The van der Waals surface area contributed by atoms with E-state index in [1.807, 2.05) is 23.9 Å². The first-order chi connectivity index (χ1) is 8.27. The molecule has 17 heavy (non-hydrogen) atoms. The average Bonchev–Trinajstić information content (AvgIpc) is 2.66. The minimum absolute atomic E-state index is 0.309. The molecule has 1 atom stereocenters. The first-order valence-electron chi connectivity index (χ1n) is 5.67. The number of hydrogen-bond donors (Lipinski definition) is 0. The molecule has 0 spiro atoms. The fraction of sp³-hybridized carbons (Fsp3) is 0.214. The van der Waals surface area contributed by atoms with E-state index < -0.39 is 0 Å². The highest BCUT2D eigenvalue weighted by molar-refractivity contribution is 7.19. The summed E-state index contributed by atoms with van der Waals surface area (Å²) in [5, 5.41) is 1.37. The summed E-state index contributed by atoms with van der Waals surface area (Å²) in [4.78, 5) is 7.70. The Bertz CT molecular complexity index is 610. The van der Waals surface area contributed by atoms with Crippen molar-refractivity contribution in [3.05, 3.63) is 47.0 Å². The van der Waals surface area contributed by atoms with Crippen molar-refractivity contribution in [3.8, 4) is 0 Å². The van der Waals surface area contributed by atoms with Gasteiger partial charge in [0.05, 0.1) is 12.4 Å². The third-order valence-corrected chi connectivity index (χ3v) is 4.26. The van der Waals surface area contributed by atoms with Crippen LogP contribution >= 0.6 is 11.3 Å².